The van der Waals surface area contributed by atoms with Crippen LogP contribution in [0.1, 0.15) is 54.8 Å². The van der Waals surface area contributed by atoms with Crippen LogP contribution in [0.25, 0.3) is 0 Å². The summed E-state index contributed by atoms with van der Waals surface area (Å²) in [6, 6.07) is 1.87. The Labute approximate surface area is 154 Å². The molecule has 1 aromatic rings. The van der Waals surface area contributed by atoms with Crippen LogP contribution in [-0.2, 0) is 9.47 Å². The zero-order valence-electron chi connectivity index (χ0n) is 15.6. The van der Waals surface area contributed by atoms with Crippen LogP contribution < -0.4 is 4.90 Å². The SMILES string of the molecule is Cc1nc(C(=O)N2CCC3(CC2)OCCO3)cc(N2CCCCCC2)n1. The number of hydrogen-bond donors (Lipinski definition) is 0. The monoisotopic (exact) mass is 360 g/mol. The summed E-state index contributed by atoms with van der Waals surface area (Å²) in [5.41, 5.74) is 0.501. The fourth-order valence-electron chi connectivity index (χ4n) is 4.12. The number of carbonyl (C=O) groups excluding carboxylic acids is 1. The molecule has 1 aromatic heterocycles. The van der Waals surface area contributed by atoms with Crippen LogP contribution in [0.5, 0.6) is 0 Å². The molecule has 0 atom stereocenters. The van der Waals surface area contributed by atoms with E-state index in [1.807, 2.05) is 17.9 Å². The summed E-state index contributed by atoms with van der Waals surface area (Å²) >= 11 is 0. The number of piperidine rings is 1. The van der Waals surface area contributed by atoms with Gasteiger partial charge in [0.25, 0.3) is 5.91 Å². The highest BCUT2D eigenvalue weighted by molar-refractivity contribution is 5.93. The third-order valence-electron chi connectivity index (χ3n) is 5.60. The number of carbonyl (C=O) groups is 1. The first-order valence-electron chi connectivity index (χ1n) is 9.83. The summed E-state index contributed by atoms with van der Waals surface area (Å²) in [7, 11) is 0. The number of amides is 1. The quantitative estimate of drug-likeness (QED) is 0.805. The van der Waals surface area contributed by atoms with Gasteiger partial charge in [-0.3, -0.25) is 4.79 Å². The number of hydrogen-bond acceptors (Lipinski definition) is 6. The van der Waals surface area contributed by atoms with E-state index in [1.165, 1.54) is 25.7 Å². The minimum atomic E-state index is -0.463. The lowest BCUT2D eigenvalue weighted by Crippen LogP contribution is -2.47. The van der Waals surface area contributed by atoms with Gasteiger partial charge in [-0.15, -0.1) is 0 Å². The van der Waals surface area contributed by atoms with E-state index in [4.69, 9.17) is 9.47 Å². The molecule has 142 valence electrons. The lowest BCUT2D eigenvalue weighted by atomic mass is 10.0. The number of aryl methyl sites for hydroxylation is 1. The fraction of sp³-hybridized carbons (Fsp3) is 0.737. The van der Waals surface area contributed by atoms with Crippen LogP contribution in [0.2, 0.25) is 0 Å². The van der Waals surface area contributed by atoms with Gasteiger partial charge < -0.3 is 19.3 Å². The number of rotatable bonds is 2. The fourth-order valence-corrected chi connectivity index (χ4v) is 4.12. The number of ether oxygens (including phenoxy) is 2. The summed E-state index contributed by atoms with van der Waals surface area (Å²) in [6.45, 7) is 6.46. The van der Waals surface area contributed by atoms with Crippen molar-refractivity contribution in [1.29, 1.82) is 0 Å². The molecule has 3 fully saturated rings. The standard InChI is InChI=1S/C19H28N4O3/c1-15-20-16(14-17(21-15)22-8-4-2-3-5-9-22)18(24)23-10-6-19(7-11-23)25-12-13-26-19/h14H,2-13H2,1H3. The van der Waals surface area contributed by atoms with Crippen molar-refractivity contribution in [2.45, 2.75) is 51.2 Å². The highest BCUT2D eigenvalue weighted by atomic mass is 16.7. The maximum absolute atomic E-state index is 13.0. The molecule has 0 aromatic carbocycles. The zero-order valence-corrected chi connectivity index (χ0v) is 15.6. The summed E-state index contributed by atoms with van der Waals surface area (Å²) < 4.78 is 11.5. The Bertz CT molecular complexity index is 642. The lowest BCUT2D eigenvalue weighted by Gasteiger charge is -2.37. The molecular formula is C19H28N4O3. The molecule has 4 heterocycles. The number of aromatic nitrogens is 2. The molecular weight excluding hydrogens is 332 g/mol. The Morgan fingerprint density at radius 2 is 1.65 bits per heavy atom. The highest BCUT2D eigenvalue weighted by Crippen LogP contribution is 2.31. The number of nitrogens with zero attached hydrogens (tertiary/aromatic N) is 4. The van der Waals surface area contributed by atoms with Crippen molar-refractivity contribution >= 4 is 11.7 Å². The first kappa shape index (κ1) is 17.7. The molecule has 7 nitrogen and oxygen atoms in total. The van der Waals surface area contributed by atoms with Crippen molar-refractivity contribution in [3.63, 3.8) is 0 Å². The predicted octanol–water partition coefficient (Wildman–Crippen LogP) is 2.14. The van der Waals surface area contributed by atoms with Gasteiger partial charge in [0.1, 0.15) is 17.3 Å². The van der Waals surface area contributed by atoms with Gasteiger partial charge in [-0.05, 0) is 19.8 Å². The highest BCUT2D eigenvalue weighted by Gasteiger charge is 2.41. The molecule has 3 aliphatic heterocycles. The van der Waals surface area contributed by atoms with E-state index in [1.54, 1.807) is 0 Å². The van der Waals surface area contributed by atoms with E-state index in [-0.39, 0.29) is 5.91 Å². The summed E-state index contributed by atoms with van der Waals surface area (Å²) in [5, 5.41) is 0. The smallest absolute Gasteiger partial charge is 0.272 e. The van der Waals surface area contributed by atoms with Gasteiger partial charge >= 0.3 is 0 Å². The van der Waals surface area contributed by atoms with Gasteiger partial charge in [-0.2, -0.15) is 0 Å². The van der Waals surface area contributed by atoms with Crippen LogP contribution >= 0.6 is 0 Å². The van der Waals surface area contributed by atoms with E-state index < -0.39 is 5.79 Å². The van der Waals surface area contributed by atoms with Crippen LogP contribution in [0.4, 0.5) is 5.82 Å². The third-order valence-corrected chi connectivity index (χ3v) is 5.60. The van der Waals surface area contributed by atoms with Gasteiger partial charge in [0.15, 0.2) is 5.79 Å². The van der Waals surface area contributed by atoms with Gasteiger partial charge in [0.2, 0.25) is 0 Å². The second-order valence-electron chi connectivity index (χ2n) is 7.46. The molecule has 1 amide bonds. The molecule has 0 unspecified atom stereocenters. The maximum Gasteiger partial charge on any atom is 0.272 e. The van der Waals surface area contributed by atoms with Crippen molar-refractivity contribution in [2.75, 3.05) is 44.3 Å². The largest absolute Gasteiger partial charge is 0.356 e. The average Bonchev–Trinajstić information content (AvgIpc) is 2.93. The molecule has 4 rings (SSSR count). The van der Waals surface area contributed by atoms with Crippen molar-refractivity contribution in [1.82, 2.24) is 14.9 Å². The summed E-state index contributed by atoms with van der Waals surface area (Å²) in [5.74, 6) is 1.07. The summed E-state index contributed by atoms with van der Waals surface area (Å²) in [6.07, 6.45) is 6.35. The Kier molecular flexibility index (Phi) is 5.09. The predicted molar refractivity (Wildman–Crippen MR) is 97.2 cm³/mol. The van der Waals surface area contributed by atoms with Crippen LogP contribution in [0.15, 0.2) is 6.07 Å². The minimum absolute atomic E-state index is 0.0144. The second-order valence-corrected chi connectivity index (χ2v) is 7.46. The van der Waals surface area contributed by atoms with E-state index in [2.05, 4.69) is 14.9 Å². The van der Waals surface area contributed by atoms with Crippen LogP contribution in [0, 0.1) is 6.92 Å². The Morgan fingerprint density at radius 1 is 1.00 bits per heavy atom. The molecule has 7 heteroatoms. The topological polar surface area (TPSA) is 67.8 Å². The third kappa shape index (κ3) is 3.69. The van der Waals surface area contributed by atoms with Crippen molar-refractivity contribution in [3.05, 3.63) is 17.6 Å². The van der Waals surface area contributed by atoms with Crippen molar-refractivity contribution in [2.24, 2.45) is 0 Å². The van der Waals surface area contributed by atoms with Crippen molar-refractivity contribution in [3.8, 4) is 0 Å². The van der Waals surface area contributed by atoms with Crippen LogP contribution in [0.3, 0.4) is 0 Å². The van der Waals surface area contributed by atoms with E-state index in [0.717, 1.165) is 31.7 Å². The Hall–Kier alpha value is -1.73. The molecule has 0 radical (unpaired) electrons. The minimum Gasteiger partial charge on any atom is -0.356 e. The lowest BCUT2D eigenvalue weighted by molar-refractivity contribution is -0.181. The van der Waals surface area contributed by atoms with E-state index >= 15 is 0 Å². The maximum atomic E-state index is 13.0. The summed E-state index contributed by atoms with van der Waals surface area (Å²) in [4.78, 5) is 26.2. The van der Waals surface area contributed by atoms with Gasteiger partial charge in [-0.1, -0.05) is 12.8 Å². The number of anilines is 1. The molecule has 0 aliphatic carbocycles. The Morgan fingerprint density at radius 3 is 2.31 bits per heavy atom. The molecule has 0 N–H and O–H groups in total. The van der Waals surface area contributed by atoms with Crippen molar-refractivity contribution < 1.29 is 14.3 Å². The molecule has 3 aliphatic rings. The molecule has 0 saturated carbocycles. The zero-order chi connectivity index (χ0) is 18.0. The molecule has 26 heavy (non-hydrogen) atoms. The first-order chi connectivity index (χ1) is 12.7. The van der Waals surface area contributed by atoms with Crippen LogP contribution in [-0.4, -0.2) is 66.0 Å². The first-order valence-corrected chi connectivity index (χ1v) is 9.83. The number of likely N-dealkylation sites (tertiary alicyclic amines) is 1. The van der Waals surface area contributed by atoms with E-state index in [0.29, 0.717) is 37.8 Å². The van der Waals surface area contributed by atoms with Gasteiger partial charge in [-0.25, -0.2) is 9.97 Å². The normalized spacial score (nSPS) is 23.3. The van der Waals surface area contributed by atoms with Gasteiger partial charge in [0, 0.05) is 45.1 Å². The van der Waals surface area contributed by atoms with E-state index in [9.17, 15) is 4.79 Å². The molecule has 0 bridgehead atoms. The molecule has 3 saturated heterocycles. The molecule has 1 spiro atoms. The average molecular weight is 360 g/mol. The second kappa shape index (κ2) is 7.48. The Balaban J connectivity index is 1.47. The van der Waals surface area contributed by atoms with Gasteiger partial charge in [0.05, 0.1) is 13.2 Å².